The first-order valence-electron chi connectivity index (χ1n) is 3.15. The van der Waals surface area contributed by atoms with E-state index in [-0.39, 0.29) is 0 Å². The smallest absolute Gasteiger partial charge is 0.133 e. The molecule has 0 aromatic carbocycles. The van der Waals surface area contributed by atoms with Crippen molar-refractivity contribution in [2.75, 3.05) is 19.3 Å². The second-order valence-corrected chi connectivity index (χ2v) is 2.57. The van der Waals surface area contributed by atoms with Crippen LogP contribution in [-0.2, 0) is 0 Å². The lowest BCUT2D eigenvalue weighted by Gasteiger charge is -2.16. The van der Waals surface area contributed by atoms with E-state index in [9.17, 15) is 0 Å². The van der Waals surface area contributed by atoms with Crippen molar-refractivity contribution < 1.29 is 0 Å². The fourth-order valence-electron chi connectivity index (χ4n) is 0.494. The number of rotatable bonds is 2. The normalized spacial score (nSPS) is 7.70. The molecule has 0 rings (SSSR count). The lowest BCUT2D eigenvalue weighted by molar-refractivity contribution is 0.482. The van der Waals surface area contributed by atoms with Crippen LogP contribution in [0, 0.1) is 0 Å². The van der Waals surface area contributed by atoms with Gasteiger partial charge in [0.25, 0.3) is 0 Å². The van der Waals surface area contributed by atoms with Crippen LogP contribution in [0.1, 0.15) is 13.8 Å². The largest absolute Gasteiger partial charge is 0.358 e. The van der Waals surface area contributed by atoms with E-state index in [1.165, 1.54) is 0 Å². The van der Waals surface area contributed by atoms with Crippen LogP contribution in [0.4, 0.5) is 0 Å². The monoisotopic (exact) mass is 197 g/mol. The second-order valence-electron chi connectivity index (χ2n) is 1.45. The fraction of sp³-hybridized carbons (Fsp3) is 0.833. The molecule has 0 N–H and O–H groups in total. The van der Waals surface area contributed by atoms with Crippen molar-refractivity contribution in [3.05, 3.63) is 0 Å². The van der Waals surface area contributed by atoms with Gasteiger partial charge in [0.2, 0.25) is 0 Å². The molecule has 0 saturated carbocycles. The van der Waals surface area contributed by atoms with Gasteiger partial charge in [-0.1, -0.05) is 12.2 Å². The molecule has 0 spiro atoms. The molecule has 0 aliphatic heterocycles. The van der Waals surface area contributed by atoms with Gasteiger partial charge in [-0.3, -0.25) is 0 Å². The molecule has 0 saturated heterocycles. The van der Waals surface area contributed by atoms with Crippen LogP contribution in [-0.4, -0.2) is 28.6 Å². The van der Waals surface area contributed by atoms with Gasteiger partial charge in [-0.05, 0) is 20.1 Å². The lowest BCUT2D eigenvalue weighted by Crippen LogP contribution is -2.24. The van der Waals surface area contributed by atoms with Crippen molar-refractivity contribution >= 4 is 41.8 Å². The molecule has 0 unspecified atom stereocenters. The van der Waals surface area contributed by atoms with Gasteiger partial charge in [-0.15, -0.1) is 12.6 Å². The molecule has 0 atom stereocenters. The lowest BCUT2D eigenvalue weighted by atomic mass is 10.6. The Bertz CT molecular complexity index is 81.1. The highest BCUT2D eigenvalue weighted by Crippen LogP contribution is 1.93. The Morgan fingerprint density at radius 2 is 1.60 bits per heavy atom. The summed E-state index contributed by atoms with van der Waals surface area (Å²) in [5.74, 6) is 0. The van der Waals surface area contributed by atoms with Gasteiger partial charge in [0, 0.05) is 13.1 Å². The molecule has 0 heterocycles. The van der Waals surface area contributed by atoms with E-state index >= 15 is 0 Å². The highest BCUT2D eigenvalue weighted by atomic mass is 32.1. The third-order valence-corrected chi connectivity index (χ3v) is 1.58. The minimum atomic E-state index is 0.690. The average molecular weight is 197 g/mol. The summed E-state index contributed by atoms with van der Waals surface area (Å²) in [5, 5.41) is 0. The van der Waals surface area contributed by atoms with Gasteiger partial charge in [0.15, 0.2) is 0 Å². The van der Waals surface area contributed by atoms with Crippen molar-refractivity contribution in [2.24, 2.45) is 0 Å². The number of hydrogen-bond acceptors (Lipinski definition) is 2. The molecular formula is C6H15NS3. The van der Waals surface area contributed by atoms with Crippen LogP contribution in [0.2, 0.25) is 0 Å². The summed E-state index contributed by atoms with van der Waals surface area (Å²) in [6.07, 6.45) is 1.69. The SMILES string of the molecule is CCN(CC)C(=S)S.CS. The first-order chi connectivity index (χ1) is 4.72. The van der Waals surface area contributed by atoms with Gasteiger partial charge in [-0.25, -0.2) is 0 Å². The van der Waals surface area contributed by atoms with E-state index in [4.69, 9.17) is 12.2 Å². The number of hydrogen-bond donors (Lipinski definition) is 2. The topological polar surface area (TPSA) is 3.24 Å². The maximum absolute atomic E-state index is 4.81. The second kappa shape index (κ2) is 9.59. The van der Waals surface area contributed by atoms with Crippen LogP contribution < -0.4 is 0 Å². The average Bonchev–Trinajstić information content (AvgIpc) is 1.94. The number of thiocarbonyl (C=S) groups is 1. The predicted molar refractivity (Wildman–Crippen MR) is 59.4 cm³/mol. The van der Waals surface area contributed by atoms with E-state index < -0.39 is 0 Å². The minimum absolute atomic E-state index is 0.690. The third-order valence-electron chi connectivity index (χ3n) is 1.03. The van der Waals surface area contributed by atoms with Gasteiger partial charge in [0.05, 0.1) is 0 Å². The number of nitrogens with zero attached hydrogens (tertiary/aromatic N) is 1. The highest BCUT2D eigenvalue weighted by Gasteiger charge is 1.96. The van der Waals surface area contributed by atoms with Crippen LogP contribution >= 0.6 is 37.5 Å². The molecule has 0 aromatic heterocycles. The van der Waals surface area contributed by atoms with Crippen LogP contribution in [0.5, 0.6) is 0 Å². The highest BCUT2D eigenvalue weighted by molar-refractivity contribution is 8.10. The molecule has 0 aliphatic carbocycles. The maximum Gasteiger partial charge on any atom is 0.133 e. The molecule has 10 heavy (non-hydrogen) atoms. The van der Waals surface area contributed by atoms with Gasteiger partial charge < -0.3 is 4.90 Å². The Morgan fingerprint density at radius 3 is 1.60 bits per heavy atom. The van der Waals surface area contributed by atoms with E-state index in [2.05, 4.69) is 39.1 Å². The summed E-state index contributed by atoms with van der Waals surface area (Å²) < 4.78 is 0.690. The van der Waals surface area contributed by atoms with Gasteiger partial charge in [-0.2, -0.15) is 12.6 Å². The first-order valence-corrected chi connectivity index (χ1v) is 4.90. The molecule has 0 fully saturated rings. The summed E-state index contributed by atoms with van der Waals surface area (Å²) in [6, 6.07) is 0. The van der Waals surface area contributed by atoms with Crippen LogP contribution in [0.15, 0.2) is 0 Å². The number of thiol groups is 2. The quantitative estimate of drug-likeness (QED) is 0.515. The predicted octanol–water partition coefficient (Wildman–Crippen LogP) is 2.09. The van der Waals surface area contributed by atoms with Crippen LogP contribution in [0.25, 0.3) is 0 Å². The molecular weight excluding hydrogens is 182 g/mol. The zero-order valence-corrected chi connectivity index (χ0v) is 9.27. The summed E-state index contributed by atoms with van der Waals surface area (Å²) >= 11 is 12.3. The zero-order chi connectivity index (χ0) is 8.57. The van der Waals surface area contributed by atoms with Gasteiger partial charge >= 0.3 is 0 Å². The first kappa shape index (κ1) is 13.2. The van der Waals surface area contributed by atoms with Crippen molar-refractivity contribution in [1.82, 2.24) is 4.90 Å². The Morgan fingerprint density at radius 1 is 1.30 bits per heavy atom. The standard InChI is InChI=1S/C5H11NS2.CH4S/c1-3-6(4-2)5(7)8;1-2/h3-4H2,1-2H3,(H,7,8);2H,1H3. The molecule has 0 amide bonds. The fourth-order valence-corrected chi connectivity index (χ4v) is 1.04. The minimum Gasteiger partial charge on any atom is -0.358 e. The summed E-state index contributed by atoms with van der Waals surface area (Å²) in [5.41, 5.74) is 0. The summed E-state index contributed by atoms with van der Waals surface area (Å²) in [6.45, 7) is 6.04. The van der Waals surface area contributed by atoms with Crippen molar-refractivity contribution in [2.45, 2.75) is 13.8 Å². The molecule has 1 nitrogen and oxygen atoms in total. The Labute approximate surface area is 80.0 Å². The Hall–Kier alpha value is 0.590. The van der Waals surface area contributed by atoms with E-state index in [0.29, 0.717) is 4.32 Å². The van der Waals surface area contributed by atoms with E-state index in [1.54, 1.807) is 6.26 Å². The van der Waals surface area contributed by atoms with E-state index in [0.717, 1.165) is 13.1 Å². The molecule has 0 radical (unpaired) electrons. The summed E-state index contributed by atoms with van der Waals surface area (Å²) in [7, 11) is 0. The Balaban J connectivity index is 0. The van der Waals surface area contributed by atoms with Crippen molar-refractivity contribution in [3.63, 3.8) is 0 Å². The van der Waals surface area contributed by atoms with Gasteiger partial charge in [0.1, 0.15) is 4.32 Å². The van der Waals surface area contributed by atoms with Crippen LogP contribution in [0.3, 0.4) is 0 Å². The molecule has 4 heteroatoms. The van der Waals surface area contributed by atoms with Crippen molar-refractivity contribution in [3.8, 4) is 0 Å². The molecule has 0 aromatic rings. The molecule has 0 aliphatic rings. The maximum atomic E-state index is 4.81. The zero-order valence-electron chi connectivity index (χ0n) is 6.66. The molecule has 0 bridgehead atoms. The van der Waals surface area contributed by atoms with E-state index in [1.807, 2.05) is 4.90 Å². The summed E-state index contributed by atoms with van der Waals surface area (Å²) in [4.78, 5) is 2.01. The third kappa shape index (κ3) is 6.71. The molecule has 62 valence electrons. The Kier molecular flexibility index (Phi) is 12.7. The van der Waals surface area contributed by atoms with Crippen molar-refractivity contribution in [1.29, 1.82) is 0 Å².